The van der Waals surface area contributed by atoms with Crippen molar-refractivity contribution >= 4 is 11.8 Å². The maximum absolute atomic E-state index is 3.25. The van der Waals surface area contributed by atoms with E-state index in [0.717, 1.165) is 5.69 Å². The van der Waals surface area contributed by atoms with Crippen molar-refractivity contribution in [3.63, 3.8) is 0 Å². The van der Waals surface area contributed by atoms with Crippen molar-refractivity contribution < 1.29 is 0 Å². The number of anilines is 1. The van der Waals surface area contributed by atoms with Crippen LogP contribution < -0.4 is 5.32 Å². The molecule has 0 aliphatic carbocycles. The van der Waals surface area contributed by atoms with Crippen LogP contribution in [0, 0.1) is 0 Å². The maximum Gasteiger partial charge on any atom is 0.0453 e. The number of benzene rings is 1. The fraction of sp³-hybridized carbons (Fsp3) is 0. The van der Waals surface area contributed by atoms with Crippen LogP contribution in [0.2, 0.25) is 0 Å². The minimum atomic E-state index is 1.12. The lowest BCUT2D eigenvalue weighted by molar-refractivity contribution is 1.55. The molecule has 0 radical (unpaired) electrons. The zero-order valence-corrected chi connectivity index (χ0v) is 8.43. The summed E-state index contributed by atoms with van der Waals surface area (Å²) in [6.07, 6.45) is 16.1. The SMILES string of the molecule is C1=C\C=C/Nc2ccccc2/C=C\C=C/1. The zero-order valence-electron chi connectivity index (χ0n) is 8.43. The van der Waals surface area contributed by atoms with Gasteiger partial charge in [-0.25, -0.2) is 0 Å². The third kappa shape index (κ3) is 2.71. The third-order valence-electron chi connectivity index (χ3n) is 2.13. The molecule has 2 rings (SSSR count). The van der Waals surface area contributed by atoms with E-state index in [1.807, 2.05) is 54.8 Å². The van der Waals surface area contributed by atoms with Crippen LogP contribution in [-0.4, -0.2) is 0 Å². The highest BCUT2D eigenvalue weighted by Gasteiger charge is 1.94. The molecule has 15 heavy (non-hydrogen) atoms. The summed E-state index contributed by atoms with van der Waals surface area (Å²) < 4.78 is 0. The van der Waals surface area contributed by atoms with Gasteiger partial charge < -0.3 is 5.32 Å². The van der Waals surface area contributed by atoms with Gasteiger partial charge in [-0.1, -0.05) is 54.7 Å². The van der Waals surface area contributed by atoms with Gasteiger partial charge in [0.1, 0.15) is 0 Å². The first kappa shape index (κ1) is 9.53. The minimum Gasteiger partial charge on any atom is -0.361 e. The fourth-order valence-electron chi connectivity index (χ4n) is 1.38. The molecule has 0 saturated carbocycles. The third-order valence-corrected chi connectivity index (χ3v) is 2.13. The molecule has 0 spiro atoms. The summed E-state index contributed by atoms with van der Waals surface area (Å²) in [5.41, 5.74) is 2.31. The summed E-state index contributed by atoms with van der Waals surface area (Å²) in [5, 5.41) is 3.25. The Labute approximate surface area is 90.1 Å². The first-order chi connectivity index (χ1) is 7.47. The number of rotatable bonds is 0. The van der Waals surface area contributed by atoms with Crippen LogP contribution in [-0.2, 0) is 0 Å². The Morgan fingerprint density at radius 3 is 2.40 bits per heavy atom. The van der Waals surface area contributed by atoms with Crippen molar-refractivity contribution in [3.8, 4) is 0 Å². The van der Waals surface area contributed by atoms with E-state index in [9.17, 15) is 0 Å². The smallest absolute Gasteiger partial charge is 0.0453 e. The second-order valence-electron chi connectivity index (χ2n) is 3.22. The lowest BCUT2D eigenvalue weighted by Crippen LogP contribution is -1.89. The lowest BCUT2D eigenvalue weighted by Gasteiger charge is -2.04. The number of para-hydroxylation sites is 1. The van der Waals surface area contributed by atoms with E-state index in [0.29, 0.717) is 0 Å². The molecule has 74 valence electrons. The zero-order chi connectivity index (χ0) is 10.3. The van der Waals surface area contributed by atoms with Crippen LogP contribution in [0.1, 0.15) is 5.56 Å². The number of fused-ring (bicyclic) bond motifs is 1. The molecule has 0 saturated heterocycles. The second kappa shape index (κ2) is 5.01. The summed E-state index contributed by atoms with van der Waals surface area (Å²) >= 11 is 0. The molecule has 1 heterocycles. The molecule has 0 atom stereocenters. The quantitative estimate of drug-likeness (QED) is 0.664. The van der Waals surface area contributed by atoms with E-state index in [-0.39, 0.29) is 0 Å². The van der Waals surface area contributed by atoms with Crippen molar-refractivity contribution in [2.75, 3.05) is 5.32 Å². The van der Waals surface area contributed by atoms with Crippen molar-refractivity contribution in [3.05, 3.63) is 72.5 Å². The molecule has 0 aromatic heterocycles. The molecule has 0 amide bonds. The molecule has 1 N–H and O–H groups in total. The van der Waals surface area contributed by atoms with Gasteiger partial charge >= 0.3 is 0 Å². The van der Waals surface area contributed by atoms with E-state index >= 15 is 0 Å². The van der Waals surface area contributed by atoms with Gasteiger partial charge in [0.25, 0.3) is 0 Å². The summed E-state index contributed by atoms with van der Waals surface area (Å²) in [4.78, 5) is 0. The van der Waals surface area contributed by atoms with Gasteiger partial charge in [-0.3, -0.25) is 0 Å². The van der Waals surface area contributed by atoms with Gasteiger partial charge in [-0.2, -0.15) is 0 Å². The standard InChI is InChI=1S/C14H13N/c1-2-4-8-12-15-14-11-7-6-10-13(14)9-5-3-1/h1-12,15H/b3-1-,4-2-,9-5-,12-8-. The number of nitrogens with one attached hydrogen (secondary N) is 1. The van der Waals surface area contributed by atoms with Crippen LogP contribution >= 0.6 is 0 Å². The van der Waals surface area contributed by atoms with Crippen LogP contribution in [0.25, 0.3) is 6.08 Å². The Bertz CT molecular complexity index is 436. The molecule has 1 heteroatoms. The number of hydrogen-bond donors (Lipinski definition) is 1. The van der Waals surface area contributed by atoms with E-state index in [1.165, 1.54) is 5.56 Å². The summed E-state index contributed by atoms with van der Waals surface area (Å²) in [6.45, 7) is 0. The van der Waals surface area contributed by atoms with Crippen LogP contribution in [0.3, 0.4) is 0 Å². The molecular weight excluding hydrogens is 182 g/mol. The van der Waals surface area contributed by atoms with Gasteiger partial charge in [-0.15, -0.1) is 0 Å². The average molecular weight is 195 g/mol. The van der Waals surface area contributed by atoms with Gasteiger partial charge in [0.15, 0.2) is 0 Å². The molecule has 1 aliphatic heterocycles. The monoisotopic (exact) mass is 195 g/mol. The molecule has 1 aliphatic rings. The highest BCUT2D eigenvalue weighted by molar-refractivity contribution is 5.68. The number of allylic oxidation sites excluding steroid dienone is 6. The highest BCUT2D eigenvalue weighted by atomic mass is 14.8. The second-order valence-corrected chi connectivity index (χ2v) is 3.22. The van der Waals surface area contributed by atoms with E-state index in [1.54, 1.807) is 0 Å². The highest BCUT2D eigenvalue weighted by Crippen LogP contribution is 2.16. The van der Waals surface area contributed by atoms with Gasteiger partial charge in [0, 0.05) is 11.9 Å². The van der Waals surface area contributed by atoms with Gasteiger partial charge in [0.2, 0.25) is 0 Å². The Kier molecular flexibility index (Phi) is 3.18. The van der Waals surface area contributed by atoms with E-state index in [4.69, 9.17) is 0 Å². The normalized spacial score (nSPS) is 22.7. The molecule has 1 nitrogen and oxygen atoms in total. The van der Waals surface area contributed by atoms with Gasteiger partial charge in [-0.05, 0) is 17.7 Å². The van der Waals surface area contributed by atoms with Crippen molar-refractivity contribution in [2.24, 2.45) is 0 Å². The fourth-order valence-corrected chi connectivity index (χ4v) is 1.38. The van der Waals surface area contributed by atoms with Crippen LogP contribution in [0.15, 0.2) is 66.9 Å². The maximum atomic E-state index is 3.25. The predicted octanol–water partition coefficient (Wildman–Crippen LogP) is 3.75. The molecule has 0 fully saturated rings. The Morgan fingerprint density at radius 1 is 0.733 bits per heavy atom. The van der Waals surface area contributed by atoms with Crippen molar-refractivity contribution in [2.45, 2.75) is 0 Å². The first-order valence-electron chi connectivity index (χ1n) is 4.99. The summed E-state index contributed by atoms with van der Waals surface area (Å²) in [5.74, 6) is 0. The molecular formula is C14H13N. The molecule has 1 aromatic rings. The van der Waals surface area contributed by atoms with E-state index in [2.05, 4.69) is 23.5 Å². The molecule has 0 bridgehead atoms. The first-order valence-corrected chi connectivity index (χ1v) is 4.99. The van der Waals surface area contributed by atoms with Crippen LogP contribution in [0.4, 0.5) is 5.69 Å². The van der Waals surface area contributed by atoms with Gasteiger partial charge in [0.05, 0.1) is 0 Å². The summed E-state index contributed by atoms with van der Waals surface area (Å²) in [6, 6.07) is 8.22. The van der Waals surface area contributed by atoms with Crippen molar-refractivity contribution in [1.82, 2.24) is 0 Å². The van der Waals surface area contributed by atoms with Crippen molar-refractivity contribution in [1.29, 1.82) is 0 Å². The Balaban J connectivity index is 2.36. The Hall–Kier alpha value is -2.02. The topological polar surface area (TPSA) is 12.0 Å². The van der Waals surface area contributed by atoms with Crippen LogP contribution in [0.5, 0.6) is 0 Å². The Morgan fingerprint density at radius 2 is 1.47 bits per heavy atom. The molecule has 0 unspecified atom stereocenters. The summed E-state index contributed by atoms with van der Waals surface area (Å²) in [7, 11) is 0. The average Bonchev–Trinajstić information content (AvgIpc) is 2.32. The van der Waals surface area contributed by atoms with E-state index < -0.39 is 0 Å². The largest absolute Gasteiger partial charge is 0.361 e. The minimum absolute atomic E-state index is 1.12. The predicted molar refractivity (Wildman–Crippen MR) is 66.5 cm³/mol. The lowest BCUT2D eigenvalue weighted by atomic mass is 10.1. The molecule has 1 aromatic carbocycles. The number of hydrogen-bond acceptors (Lipinski definition) is 1.